The summed E-state index contributed by atoms with van der Waals surface area (Å²) in [5.74, 6) is -0.0597. The molecule has 0 atom stereocenters. The van der Waals surface area contributed by atoms with Gasteiger partial charge in [0.1, 0.15) is 11.6 Å². The lowest BCUT2D eigenvalue weighted by atomic mass is 10.2. The average Bonchev–Trinajstić information content (AvgIpc) is 2.28. The first-order chi connectivity index (χ1) is 7.75. The molecule has 0 amide bonds. The topological polar surface area (TPSA) is 32.3 Å². The summed E-state index contributed by atoms with van der Waals surface area (Å²) < 4.78 is 13.3. The van der Waals surface area contributed by atoms with E-state index in [4.69, 9.17) is 0 Å². The molecule has 2 aromatic carbocycles. The van der Waals surface area contributed by atoms with Gasteiger partial charge < -0.3 is 10.4 Å². The molecule has 3 heteroatoms. The number of aromatic hydroxyl groups is 1. The zero-order chi connectivity index (χ0) is 11.4. The van der Waals surface area contributed by atoms with Crippen LogP contribution >= 0.6 is 0 Å². The molecule has 0 fully saturated rings. The lowest BCUT2D eigenvalue weighted by Gasteiger charge is -2.07. The molecule has 0 saturated carbocycles. The Morgan fingerprint density at radius 2 is 1.88 bits per heavy atom. The van der Waals surface area contributed by atoms with E-state index < -0.39 is 0 Å². The third kappa shape index (κ3) is 2.51. The van der Waals surface area contributed by atoms with Crippen molar-refractivity contribution in [2.24, 2.45) is 0 Å². The fraction of sp³-hybridized carbons (Fsp3) is 0.0769. The Kier molecular flexibility index (Phi) is 3.05. The average molecular weight is 217 g/mol. The number of nitrogens with one attached hydrogen (secondary N) is 1. The minimum Gasteiger partial charge on any atom is -0.508 e. The second-order valence-corrected chi connectivity index (χ2v) is 3.50. The van der Waals surface area contributed by atoms with Crippen molar-refractivity contribution in [2.75, 3.05) is 5.32 Å². The van der Waals surface area contributed by atoms with Crippen LogP contribution in [0.25, 0.3) is 0 Å². The third-order valence-electron chi connectivity index (χ3n) is 2.27. The molecule has 16 heavy (non-hydrogen) atoms. The Bertz CT molecular complexity index is 485. The summed E-state index contributed by atoms with van der Waals surface area (Å²) in [5.41, 5.74) is 1.37. The summed E-state index contributed by atoms with van der Waals surface area (Å²) in [7, 11) is 0. The van der Waals surface area contributed by atoms with E-state index in [0.29, 0.717) is 12.2 Å². The number of halogens is 1. The predicted octanol–water partition coefficient (Wildman–Crippen LogP) is 3.14. The highest BCUT2D eigenvalue weighted by molar-refractivity contribution is 5.45. The molecule has 0 unspecified atom stereocenters. The number of para-hydroxylation sites is 1. The number of rotatable bonds is 3. The van der Waals surface area contributed by atoms with Crippen molar-refractivity contribution < 1.29 is 9.50 Å². The monoisotopic (exact) mass is 217 g/mol. The van der Waals surface area contributed by atoms with E-state index in [1.807, 2.05) is 6.07 Å². The third-order valence-corrected chi connectivity index (χ3v) is 2.27. The summed E-state index contributed by atoms with van der Waals surface area (Å²) >= 11 is 0. The van der Waals surface area contributed by atoms with Gasteiger partial charge in [-0.2, -0.15) is 0 Å². The standard InChI is InChI=1S/C13H12FNO/c14-12-6-1-2-7-13(12)15-9-10-4-3-5-11(16)8-10/h1-8,15-16H,9H2. The number of anilines is 1. The molecule has 0 saturated heterocycles. The number of benzene rings is 2. The first-order valence-electron chi connectivity index (χ1n) is 5.02. The van der Waals surface area contributed by atoms with Crippen LogP contribution in [0.4, 0.5) is 10.1 Å². The molecule has 0 aliphatic carbocycles. The van der Waals surface area contributed by atoms with Crippen LogP contribution in [-0.2, 0) is 6.54 Å². The molecule has 82 valence electrons. The second-order valence-electron chi connectivity index (χ2n) is 3.50. The molecule has 0 aromatic heterocycles. The highest BCUT2D eigenvalue weighted by Crippen LogP contribution is 2.15. The zero-order valence-corrected chi connectivity index (χ0v) is 8.65. The second kappa shape index (κ2) is 4.66. The molecule has 2 nitrogen and oxygen atoms in total. The van der Waals surface area contributed by atoms with E-state index in [0.717, 1.165) is 5.56 Å². The van der Waals surface area contributed by atoms with Crippen molar-refractivity contribution in [1.29, 1.82) is 0 Å². The maximum Gasteiger partial charge on any atom is 0.146 e. The van der Waals surface area contributed by atoms with Crippen LogP contribution in [-0.4, -0.2) is 5.11 Å². The summed E-state index contributed by atoms with van der Waals surface area (Å²) in [6.45, 7) is 0.481. The molecule has 0 bridgehead atoms. The molecule has 0 heterocycles. The van der Waals surface area contributed by atoms with Gasteiger partial charge in [-0.25, -0.2) is 4.39 Å². The van der Waals surface area contributed by atoms with Gasteiger partial charge in [0.15, 0.2) is 0 Å². The Morgan fingerprint density at radius 3 is 2.62 bits per heavy atom. The van der Waals surface area contributed by atoms with Crippen LogP contribution in [0.1, 0.15) is 5.56 Å². The van der Waals surface area contributed by atoms with Crippen LogP contribution in [0.5, 0.6) is 5.75 Å². The summed E-state index contributed by atoms with van der Waals surface area (Å²) in [6.07, 6.45) is 0. The van der Waals surface area contributed by atoms with Crippen LogP contribution in [0, 0.1) is 5.82 Å². The van der Waals surface area contributed by atoms with E-state index in [1.54, 1.807) is 36.4 Å². The maximum atomic E-state index is 13.3. The van der Waals surface area contributed by atoms with E-state index in [9.17, 15) is 9.50 Å². The molecule has 2 N–H and O–H groups in total. The van der Waals surface area contributed by atoms with Gasteiger partial charge in [-0.1, -0.05) is 24.3 Å². The quantitative estimate of drug-likeness (QED) is 0.827. The van der Waals surface area contributed by atoms with Crippen LogP contribution in [0.3, 0.4) is 0 Å². The Hall–Kier alpha value is -2.03. The Morgan fingerprint density at radius 1 is 1.06 bits per heavy atom. The number of hydrogen-bond acceptors (Lipinski definition) is 2. The highest BCUT2D eigenvalue weighted by atomic mass is 19.1. The lowest BCUT2D eigenvalue weighted by molar-refractivity contribution is 0.474. The molecule has 2 rings (SSSR count). The Balaban J connectivity index is 2.05. The predicted molar refractivity (Wildman–Crippen MR) is 61.8 cm³/mol. The summed E-state index contributed by atoms with van der Waals surface area (Å²) in [6, 6.07) is 13.4. The number of hydrogen-bond donors (Lipinski definition) is 2. The van der Waals surface area contributed by atoms with Gasteiger partial charge >= 0.3 is 0 Å². The summed E-state index contributed by atoms with van der Waals surface area (Å²) in [4.78, 5) is 0. The van der Waals surface area contributed by atoms with Gasteiger partial charge in [0.05, 0.1) is 5.69 Å². The number of phenolic OH excluding ortho intramolecular Hbond substituents is 1. The van der Waals surface area contributed by atoms with E-state index in [2.05, 4.69) is 5.32 Å². The zero-order valence-electron chi connectivity index (χ0n) is 8.65. The molecule has 0 aliphatic rings. The largest absolute Gasteiger partial charge is 0.508 e. The molecule has 0 spiro atoms. The first-order valence-corrected chi connectivity index (χ1v) is 5.02. The van der Waals surface area contributed by atoms with Crippen molar-refractivity contribution in [3.63, 3.8) is 0 Å². The molecule has 0 aliphatic heterocycles. The number of phenols is 1. The summed E-state index contributed by atoms with van der Waals surface area (Å²) in [5, 5.41) is 12.2. The van der Waals surface area contributed by atoms with Gasteiger partial charge in [-0.05, 0) is 29.8 Å². The minimum atomic E-state index is -0.275. The Labute approximate surface area is 93.4 Å². The van der Waals surface area contributed by atoms with Crippen molar-refractivity contribution in [3.8, 4) is 5.75 Å². The highest BCUT2D eigenvalue weighted by Gasteiger charge is 1.99. The van der Waals surface area contributed by atoms with Gasteiger partial charge in [0, 0.05) is 6.54 Å². The van der Waals surface area contributed by atoms with Gasteiger partial charge in [-0.3, -0.25) is 0 Å². The van der Waals surface area contributed by atoms with Crippen LogP contribution < -0.4 is 5.32 Å². The van der Waals surface area contributed by atoms with E-state index in [-0.39, 0.29) is 11.6 Å². The smallest absolute Gasteiger partial charge is 0.146 e. The van der Waals surface area contributed by atoms with Crippen molar-refractivity contribution in [3.05, 3.63) is 59.9 Å². The van der Waals surface area contributed by atoms with E-state index in [1.165, 1.54) is 6.07 Å². The van der Waals surface area contributed by atoms with Gasteiger partial charge in [-0.15, -0.1) is 0 Å². The first kappa shape index (κ1) is 10.5. The normalized spacial score (nSPS) is 10.1. The molecular weight excluding hydrogens is 205 g/mol. The fourth-order valence-electron chi connectivity index (χ4n) is 1.47. The fourth-order valence-corrected chi connectivity index (χ4v) is 1.47. The van der Waals surface area contributed by atoms with Crippen LogP contribution in [0.15, 0.2) is 48.5 Å². The van der Waals surface area contributed by atoms with Crippen molar-refractivity contribution in [2.45, 2.75) is 6.54 Å². The van der Waals surface area contributed by atoms with Crippen LogP contribution in [0.2, 0.25) is 0 Å². The lowest BCUT2D eigenvalue weighted by Crippen LogP contribution is -2.00. The molecular formula is C13H12FNO. The van der Waals surface area contributed by atoms with Crippen molar-refractivity contribution in [1.82, 2.24) is 0 Å². The SMILES string of the molecule is Oc1cccc(CNc2ccccc2F)c1. The molecule has 0 radical (unpaired) electrons. The molecule has 2 aromatic rings. The van der Waals surface area contributed by atoms with Gasteiger partial charge in [0.25, 0.3) is 0 Å². The maximum absolute atomic E-state index is 13.3. The van der Waals surface area contributed by atoms with Gasteiger partial charge in [0.2, 0.25) is 0 Å². The van der Waals surface area contributed by atoms with Crippen molar-refractivity contribution >= 4 is 5.69 Å². The minimum absolute atomic E-state index is 0.216. The van der Waals surface area contributed by atoms with E-state index >= 15 is 0 Å².